The lowest BCUT2D eigenvalue weighted by molar-refractivity contribution is -0.140. The fourth-order valence-electron chi connectivity index (χ4n) is 0.849. The largest absolute Gasteiger partial charge is 0.452 e. The van der Waals surface area contributed by atoms with Crippen molar-refractivity contribution in [2.75, 3.05) is 0 Å². The molecule has 0 bridgehead atoms. The van der Waals surface area contributed by atoms with Crippen LogP contribution in [0.3, 0.4) is 0 Å². The second-order valence-corrected chi connectivity index (χ2v) is 2.44. The summed E-state index contributed by atoms with van der Waals surface area (Å²) in [6.45, 7) is -0.183. The van der Waals surface area contributed by atoms with Crippen LogP contribution in [0.15, 0.2) is 24.3 Å². The van der Waals surface area contributed by atoms with Crippen molar-refractivity contribution in [3.8, 4) is 0 Å². The highest BCUT2D eigenvalue weighted by atomic mass is 19.1. The Labute approximate surface area is 79.5 Å². The lowest BCUT2D eigenvalue weighted by atomic mass is 10.2. The zero-order chi connectivity index (χ0) is 10.4. The highest BCUT2D eigenvalue weighted by Gasteiger charge is 2.06. The summed E-state index contributed by atoms with van der Waals surface area (Å²) < 4.78 is 17.5. The first-order valence-electron chi connectivity index (χ1n) is 3.81. The molecule has 5 heteroatoms. The number of carbonyl (C=O) groups excluding carboxylic acids is 1. The van der Waals surface area contributed by atoms with Crippen molar-refractivity contribution in [1.29, 1.82) is 0 Å². The van der Waals surface area contributed by atoms with Gasteiger partial charge >= 0.3 is 12.2 Å². The summed E-state index contributed by atoms with van der Waals surface area (Å²) in [6.07, 6.45) is 0.598. The van der Waals surface area contributed by atoms with Crippen molar-refractivity contribution in [3.05, 3.63) is 41.2 Å². The summed E-state index contributed by atoms with van der Waals surface area (Å²) in [5, 5.41) is 0. The van der Waals surface area contributed by atoms with E-state index in [0.717, 1.165) is 0 Å². The minimum Gasteiger partial charge on any atom is -0.452 e. The fourth-order valence-corrected chi connectivity index (χ4v) is 0.849. The SMILES string of the molecule is [N-]=[N+]=CC(=O)OCc1ccccc1F. The van der Waals surface area contributed by atoms with Gasteiger partial charge in [-0.2, -0.15) is 4.79 Å². The third kappa shape index (κ3) is 2.80. The van der Waals surface area contributed by atoms with E-state index in [9.17, 15) is 9.18 Å². The Morgan fingerprint density at radius 1 is 1.57 bits per heavy atom. The van der Waals surface area contributed by atoms with Gasteiger partial charge in [0.2, 0.25) is 0 Å². The van der Waals surface area contributed by atoms with Crippen LogP contribution in [0.1, 0.15) is 5.56 Å². The topological polar surface area (TPSA) is 62.7 Å². The molecular weight excluding hydrogens is 187 g/mol. The van der Waals surface area contributed by atoms with Gasteiger partial charge in [-0.25, -0.2) is 9.18 Å². The van der Waals surface area contributed by atoms with E-state index in [1.165, 1.54) is 18.2 Å². The molecule has 1 aromatic rings. The van der Waals surface area contributed by atoms with Gasteiger partial charge in [0.1, 0.15) is 12.4 Å². The zero-order valence-corrected chi connectivity index (χ0v) is 7.18. The molecule has 1 rings (SSSR count). The first-order valence-corrected chi connectivity index (χ1v) is 3.81. The maximum atomic E-state index is 13.0. The molecule has 1 aromatic carbocycles. The average Bonchev–Trinajstić information content (AvgIpc) is 2.17. The molecule has 14 heavy (non-hydrogen) atoms. The fraction of sp³-hybridized carbons (Fsp3) is 0.111. The Hall–Kier alpha value is -2.00. The van der Waals surface area contributed by atoms with Gasteiger partial charge in [0.05, 0.1) is 0 Å². The zero-order valence-electron chi connectivity index (χ0n) is 7.18. The molecule has 0 fully saturated rings. The van der Waals surface area contributed by atoms with E-state index in [-0.39, 0.29) is 12.2 Å². The van der Waals surface area contributed by atoms with Crippen molar-refractivity contribution in [3.63, 3.8) is 0 Å². The normalized spacial score (nSPS) is 8.93. The maximum Gasteiger partial charge on any atom is 0.413 e. The van der Waals surface area contributed by atoms with E-state index in [0.29, 0.717) is 6.21 Å². The lowest BCUT2D eigenvalue weighted by Gasteiger charge is -2.00. The van der Waals surface area contributed by atoms with Crippen molar-refractivity contribution in [2.45, 2.75) is 6.61 Å². The quantitative estimate of drug-likeness (QED) is 0.314. The van der Waals surface area contributed by atoms with Crippen LogP contribution in [0.5, 0.6) is 0 Å². The van der Waals surface area contributed by atoms with Gasteiger partial charge in [-0.1, -0.05) is 18.2 Å². The molecule has 0 aromatic heterocycles. The lowest BCUT2D eigenvalue weighted by Crippen LogP contribution is -2.06. The summed E-state index contributed by atoms with van der Waals surface area (Å²) in [7, 11) is 0. The van der Waals surface area contributed by atoms with Gasteiger partial charge < -0.3 is 10.3 Å². The van der Waals surface area contributed by atoms with Gasteiger partial charge in [-0.3, -0.25) is 0 Å². The van der Waals surface area contributed by atoms with Gasteiger partial charge in [0, 0.05) is 5.56 Å². The molecule has 0 N–H and O–H groups in total. The number of carbonyl (C=O) groups is 1. The van der Waals surface area contributed by atoms with Gasteiger partial charge in [0.25, 0.3) is 0 Å². The molecule has 72 valence electrons. The Morgan fingerprint density at radius 2 is 2.29 bits per heavy atom. The molecule has 0 aliphatic heterocycles. The molecule has 0 unspecified atom stereocenters. The van der Waals surface area contributed by atoms with Crippen molar-refractivity contribution < 1.29 is 18.7 Å². The summed E-state index contributed by atoms with van der Waals surface area (Å²) in [4.78, 5) is 13.2. The molecular formula is C9H7FN2O2. The second-order valence-electron chi connectivity index (χ2n) is 2.44. The standard InChI is InChI=1S/C9H7FN2O2/c10-8-4-2-1-3-7(8)6-14-9(13)5-12-11/h1-5H,6H2. The predicted molar refractivity (Wildman–Crippen MR) is 45.9 cm³/mol. The molecule has 0 spiro atoms. The molecule has 0 atom stereocenters. The van der Waals surface area contributed by atoms with E-state index in [2.05, 4.69) is 9.53 Å². The smallest absolute Gasteiger partial charge is 0.413 e. The Bertz CT molecular complexity index is 386. The Balaban J connectivity index is 2.58. The summed E-state index contributed by atoms with van der Waals surface area (Å²) >= 11 is 0. The number of ether oxygens (including phenoxy) is 1. The molecule has 0 heterocycles. The van der Waals surface area contributed by atoms with Crippen LogP contribution < -0.4 is 0 Å². The van der Waals surface area contributed by atoms with Crippen molar-refractivity contribution >= 4 is 12.2 Å². The minimum atomic E-state index is -0.823. The number of nitrogens with zero attached hydrogens (tertiary/aromatic N) is 2. The van der Waals surface area contributed by atoms with E-state index in [1.54, 1.807) is 6.07 Å². The molecule has 0 aliphatic carbocycles. The number of halogens is 1. The number of hydrogen-bond donors (Lipinski definition) is 0. The molecule has 0 radical (unpaired) electrons. The van der Waals surface area contributed by atoms with E-state index in [4.69, 9.17) is 5.53 Å². The third-order valence-corrected chi connectivity index (χ3v) is 1.49. The van der Waals surface area contributed by atoms with Gasteiger partial charge in [0.15, 0.2) is 0 Å². The molecule has 0 aliphatic rings. The average molecular weight is 194 g/mol. The van der Waals surface area contributed by atoms with E-state index < -0.39 is 11.8 Å². The van der Waals surface area contributed by atoms with Crippen LogP contribution in [-0.2, 0) is 16.1 Å². The summed E-state index contributed by atoms with van der Waals surface area (Å²) in [5.74, 6) is -1.27. The van der Waals surface area contributed by atoms with Crippen LogP contribution in [0, 0.1) is 5.82 Å². The van der Waals surface area contributed by atoms with Crippen LogP contribution in [0.2, 0.25) is 0 Å². The highest BCUT2D eigenvalue weighted by Crippen LogP contribution is 2.07. The molecule has 4 nitrogen and oxygen atoms in total. The van der Waals surface area contributed by atoms with Crippen molar-refractivity contribution in [2.24, 2.45) is 0 Å². The molecule has 0 saturated carbocycles. The van der Waals surface area contributed by atoms with Gasteiger partial charge in [-0.15, -0.1) is 0 Å². The third-order valence-electron chi connectivity index (χ3n) is 1.49. The molecule has 0 amide bonds. The first kappa shape index (κ1) is 10.1. The summed E-state index contributed by atoms with van der Waals surface area (Å²) in [6, 6.07) is 5.93. The first-order chi connectivity index (χ1) is 6.74. The van der Waals surface area contributed by atoms with Crippen LogP contribution in [-0.4, -0.2) is 17.0 Å². The van der Waals surface area contributed by atoms with Gasteiger partial charge in [-0.05, 0) is 6.07 Å². The van der Waals surface area contributed by atoms with Crippen molar-refractivity contribution in [1.82, 2.24) is 0 Å². The number of esters is 1. The Morgan fingerprint density at radius 3 is 2.93 bits per heavy atom. The highest BCUT2D eigenvalue weighted by molar-refractivity contribution is 6.20. The predicted octanol–water partition coefficient (Wildman–Crippen LogP) is 1.17. The van der Waals surface area contributed by atoms with Crippen LogP contribution in [0.25, 0.3) is 5.53 Å². The number of benzene rings is 1. The van der Waals surface area contributed by atoms with E-state index in [1.807, 2.05) is 0 Å². The van der Waals surface area contributed by atoms with Crippen LogP contribution in [0.4, 0.5) is 4.39 Å². The minimum absolute atomic E-state index is 0.183. The van der Waals surface area contributed by atoms with E-state index >= 15 is 0 Å². The summed E-state index contributed by atoms with van der Waals surface area (Å²) in [5.41, 5.74) is 8.25. The van der Waals surface area contributed by atoms with Crippen LogP contribution >= 0.6 is 0 Å². The second kappa shape index (κ2) is 4.89. The monoisotopic (exact) mass is 194 g/mol. The maximum absolute atomic E-state index is 13.0. The molecule has 0 saturated heterocycles. The Kier molecular flexibility index (Phi) is 3.52. The number of hydrogen-bond acceptors (Lipinski definition) is 2. The number of rotatable bonds is 3.